The van der Waals surface area contributed by atoms with Crippen LogP contribution in [-0.4, -0.2) is 17.6 Å². The van der Waals surface area contributed by atoms with Crippen LogP contribution in [0.5, 0.6) is 0 Å². The minimum atomic E-state index is 0.716. The first-order valence-corrected chi connectivity index (χ1v) is 8.41. The van der Waals surface area contributed by atoms with Crippen molar-refractivity contribution in [2.45, 2.75) is 64.3 Å². The molecule has 2 saturated carbocycles. The van der Waals surface area contributed by atoms with Gasteiger partial charge in [-0.15, -0.1) is 0 Å². The van der Waals surface area contributed by atoms with Crippen LogP contribution in [-0.2, 0) is 0 Å². The zero-order valence-corrected chi connectivity index (χ0v) is 12.9. The molecule has 2 nitrogen and oxygen atoms in total. The molecule has 110 valence electrons. The van der Waals surface area contributed by atoms with Gasteiger partial charge in [-0.05, 0) is 74.1 Å². The van der Waals surface area contributed by atoms with Gasteiger partial charge in [0.25, 0.3) is 0 Å². The summed E-state index contributed by atoms with van der Waals surface area (Å²) in [5, 5.41) is 3.76. The lowest BCUT2D eigenvalue weighted by molar-refractivity contribution is 0.224. The minimum Gasteiger partial charge on any atom is -0.314 e. The highest BCUT2D eigenvalue weighted by atomic mass is 14.9. The molecule has 1 N–H and O–H groups in total. The Labute approximate surface area is 123 Å². The average Bonchev–Trinajstić information content (AvgIpc) is 3.30. The molecule has 2 aliphatic rings. The summed E-state index contributed by atoms with van der Waals surface area (Å²) in [6.45, 7) is 5.80. The molecule has 0 aromatic carbocycles. The van der Waals surface area contributed by atoms with E-state index in [9.17, 15) is 0 Å². The predicted octanol–water partition coefficient (Wildman–Crippen LogP) is 4.05. The molecule has 3 unspecified atom stereocenters. The molecule has 3 atom stereocenters. The largest absolute Gasteiger partial charge is 0.314 e. The van der Waals surface area contributed by atoms with Crippen molar-refractivity contribution < 1.29 is 0 Å². The quantitative estimate of drug-likeness (QED) is 0.874. The standard InChI is InChI=1S/C18H28N2/c1-3-14-4-5-15(11-20-16-6-7-16)17(10-14)18-12-19-9-8-13(18)2/h8-9,12,14-17,20H,3-7,10-11H2,1-2H3. The van der Waals surface area contributed by atoms with Crippen LogP contribution < -0.4 is 5.32 Å². The summed E-state index contributed by atoms with van der Waals surface area (Å²) in [5.74, 6) is 2.44. The number of nitrogens with one attached hydrogen (secondary N) is 1. The third kappa shape index (κ3) is 3.22. The topological polar surface area (TPSA) is 24.9 Å². The maximum absolute atomic E-state index is 4.39. The van der Waals surface area contributed by atoms with E-state index in [0.29, 0.717) is 5.92 Å². The lowest BCUT2D eigenvalue weighted by Gasteiger charge is -2.37. The van der Waals surface area contributed by atoms with E-state index in [1.807, 2.05) is 6.20 Å². The van der Waals surface area contributed by atoms with Gasteiger partial charge in [0.1, 0.15) is 0 Å². The van der Waals surface area contributed by atoms with Gasteiger partial charge in [0.05, 0.1) is 0 Å². The van der Waals surface area contributed by atoms with Crippen LogP contribution in [0.3, 0.4) is 0 Å². The summed E-state index contributed by atoms with van der Waals surface area (Å²) in [7, 11) is 0. The van der Waals surface area contributed by atoms with Gasteiger partial charge < -0.3 is 5.32 Å². The summed E-state index contributed by atoms with van der Waals surface area (Å²) in [4.78, 5) is 4.39. The summed E-state index contributed by atoms with van der Waals surface area (Å²) in [5.41, 5.74) is 2.94. The normalized spacial score (nSPS) is 30.4. The van der Waals surface area contributed by atoms with Gasteiger partial charge >= 0.3 is 0 Å². The number of aryl methyl sites for hydroxylation is 1. The van der Waals surface area contributed by atoms with Crippen molar-refractivity contribution in [3.05, 3.63) is 29.6 Å². The molecular weight excluding hydrogens is 244 g/mol. The second-order valence-electron chi connectivity index (χ2n) is 6.87. The number of rotatable bonds is 5. The summed E-state index contributed by atoms with van der Waals surface area (Å²) in [6.07, 6.45) is 12.3. The monoisotopic (exact) mass is 272 g/mol. The van der Waals surface area contributed by atoms with Crippen molar-refractivity contribution in [1.29, 1.82) is 0 Å². The first-order chi connectivity index (χ1) is 9.78. The van der Waals surface area contributed by atoms with Crippen LogP contribution >= 0.6 is 0 Å². The van der Waals surface area contributed by atoms with Crippen molar-refractivity contribution >= 4 is 0 Å². The number of hydrogen-bond donors (Lipinski definition) is 1. The Morgan fingerprint density at radius 1 is 1.25 bits per heavy atom. The fourth-order valence-corrected chi connectivity index (χ4v) is 3.79. The first-order valence-electron chi connectivity index (χ1n) is 8.41. The van der Waals surface area contributed by atoms with E-state index >= 15 is 0 Å². The van der Waals surface area contributed by atoms with E-state index in [2.05, 4.69) is 36.4 Å². The van der Waals surface area contributed by atoms with Crippen molar-refractivity contribution in [2.75, 3.05) is 6.54 Å². The summed E-state index contributed by atoms with van der Waals surface area (Å²) >= 11 is 0. The maximum Gasteiger partial charge on any atom is 0.0305 e. The van der Waals surface area contributed by atoms with Gasteiger partial charge in [-0.3, -0.25) is 4.98 Å². The second-order valence-corrected chi connectivity index (χ2v) is 6.87. The molecule has 2 heteroatoms. The highest BCUT2D eigenvalue weighted by Gasteiger charge is 2.33. The van der Waals surface area contributed by atoms with Crippen LogP contribution in [0.1, 0.15) is 62.5 Å². The van der Waals surface area contributed by atoms with Crippen molar-refractivity contribution in [3.8, 4) is 0 Å². The third-order valence-corrected chi connectivity index (χ3v) is 5.40. The Morgan fingerprint density at radius 3 is 2.80 bits per heavy atom. The Hall–Kier alpha value is -0.890. The Balaban J connectivity index is 1.74. The van der Waals surface area contributed by atoms with Gasteiger partial charge in [-0.1, -0.05) is 19.8 Å². The first kappa shape index (κ1) is 14.1. The molecule has 1 heterocycles. The molecule has 2 fully saturated rings. The predicted molar refractivity (Wildman–Crippen MR) is 83.9 cm³/mol. The molecular formula is C18H28N2. The van der Waals surface area contributed by atoms with Crippen LogP contribution in [0.4, 0.5) is 0 Å². The minimum absolute atomic E-state index is 0.716. The van der Waals surface area contributed by atoms with E-state index in [1.165, 1.54) is 56.2 Å². The zero-order chi connectivity index (χ0) is 13.9. The van der Waals surface area contributed by atoms with Gasteiger partial charge in [-0.25, -0.2) is 0 Å². The van der Waals surface area contributed by atoms with Crippen molar-refractivity contribution in [2.24, 2.45) is 11.8 Å². The average molecular weight is 272 g/mol. The van der Waals surface area contributed by atoms with Gasteiger partial charge in [0, 0.05) is 18.4 Å². The van der Waals surface area contributed by atoms with E-state index < -0.39 is 0 Å². The molecule has 0 spiro atoms. The Kier molecular flexibility index (Phi) is 4.40. The van der Waals surface area contributed by atoms with E-state index in [0.717, 1.165) is 17.9 Å². The van der Waals surface area contributed by atoms with E-state index in [4.69, 9.17) is 0 Å². The van der Waals surface area contributed by atoms with E-state index in [-0.39, 0.29) is 0 Å². The number of aromatic nitrogens is 1. The molecule has 0 amide bonds. The Bertz CT molecular complexity index is 439. The number of hydrogen-bond acceptors (Lipinski definition) is 2. The molecule has 0 bridgehead atoms. The fraction of sp³-hybridized carbons (Fsp3) is 0.722. The number of pyridine rings is 1. The molecule has 1 aromatic heterocycles. The molecule has 1 aromatic rings. The second kappa shape index (κ2) is 6.26. The maximum atomic E-state index is 4.39. The van der Waals surface area contributed by atoms with Crippen molar-refractivity contribution in [3.63, 3.8) is 0 Å². The highest BCUT2D eigenvalue weighted by molar-refractivity contribution is 5.27. The highest BCUT2D eigenvalue weighted by Crippen LogP contribution is 2.42. The molecule has 3 rings (SSSR count). The molecule has 0 radical (unpaired) electrons. The lowest BCUT2D eigenvalue weighted by atomic mass is 9.70. The van der Waals surface area contributed by atoms with Crippen molar-refractivity contribution in [1.82, 2.24) is 10.3 Å². The van der Waals surface area contributed by atoms with Crippen LogP contribution in [0.2, 0.25) is 0 Å². The molecule has 20 heavy (non-hydrogen) atoms. The lowest BCUT2D eigenvalue weighted by Crippen LogP contribution is -2.33. The summed E-state index contributed by atoms with van der Waals surface area (Å²) < 4.78 is 0. The Morgan fingerprint density at radius 2 is 2.10 bits per heavy atom. The van der Waals surface area contributed by atoms with Crippen LogP contribution in [0.15, 0.2) is 18.5 Å². The fourth-order valence-electron chi connectivity index (χ4n) is 3.79. The SMILES string of the molecule is CCC1CCC(CNC2CC2)C(c2cnccc2C)C1. The van der Waals surface area contributed by atoms with Crippen LogP contribution in [0.25, 0.3) is 0 Å². The molecule has 0 saturated heterocycles. The number of nitrogens with zero attached hydrogens (tertiary/aromatic N) is 1. The smallest absolute Gasteiger partial charge is 0.0305 e. The molecule has 2 aliphatic carbocycles. The van der Waals surface area contributed by atoms with Crippen LogP contribution in [0, 0.1) is 18.8 Å². The van der Waals surface area contributed by atoms with Gasteiger partial charge in [-0.2, -0.15) is 0 Å². The third-order valence-electron chi connectivity index (χ3n) is 5.40. The zero-order valence-electron chi connectivity index (χ0n) is 12.9. The van der Waals surface area contributed by atoms with Gasteiger partial charge in [0.2, 0.25) is 0 Å². The van der Waals surface area contributed by atoms with E-state index in [1.54, 1.807) is 0 Å². The molecule has 0 aliphatic heterocycles. The summed E-state index contributed by atoms with van der Waals surface area (Å²) in [6, 6.07) is 3.01. The van der Waals surface area contributed by atoms with Gasteiger partial charge in [0.15, 0.2) is 0 Å².